The average Bonchev–Trinajstić information content (AvgIpc) is 3.26. The summed E-state index contributed by atoms with van der Waals surface area (Å²) in [6.45, 7) is 2.26. The molecule has 0 saturated heterocycles. The molecule has 5 unspecified atom stereocenters. The Bertz CT molecular complexity index is 939. The predicted molar refractivity (Wildman–Crippen MR) is 115 cm³/mol. The molecule has 27 heavy (non-hydrogen) atoms. The van der Waals surface area contributed by atoms with Gasteiger partial charge < -0.3 is 0 Å². The van der Waals surface area contributed by atoms with Gasteiger partial charge in [0.2, 0.25) is 0 Å². The second kappa shape index (κ2) is 7.77. The Morgan fingerprint density at radius 1 is 0.926 bits per heavy atom. The summed E-state index contributed by atoms with van der Waals surface area (Å²) in [6.07, 6.45) is 15.0. The van der Waals surface area contributed by atoms with Crippen molar-refractivity contribution in [3.8, 4) is 0 Å². The minimum absolute atomic E-state index is 0.577. The van der Waals surface area contributed by atoms with Crippen LogP contribution in [-0.4, -0.2) is 0 Å². The molecule has 3 aliphatic rings. The molecule has 1 fully saturated rings. The van der Waals surface area contributed by atoms with Crippen LogP contribution < -0.4 is 5.30 Å². The van der Waals surface area contributed by atoms with Gasteiger partial charge in [-0.3, -0.25) is 0 Å². The Balaban J connectivity index is 1.43. The summed E-state index contributed by atoms with van der Waals surface area (Å²) in [5.41, 5.74) is 4.57. The van der Waals surface area contributed by atoms with Gasteiger partial charge in [0.05, 0.1) is 0 Å². The number of hydrogen-bond donors (Lipinski definition) is 0. The van der Waals surface area contributed by atoms with Crippen molar-refractivity contribution >= 4 is 20.0 Å². The molecule has 0 N–H and O–H groups in total. The van der Waals surface area contributed by atoms with Crippen molar-refractivity contribution in [1.82, 2.24) is 0 Å². The molecule has 5 atom stereocenters. The Labute approximate surface area is 176 Å². The van der Waals surface area contributed by atoms with E-state index in [0.29, 0.717) is 0 Å². The molecule has 0 radical (unpaired) electrons. The van der Waals surface area contributed by atoms with Gasteiger partial charge in [-0.1, -0.05) is 0 Å². The maximum atomic E-state index is 2.54. The molecule has 0 nitrogen and oxygen atoms in total. The number of fused-ring (bicyclic) bond motifs is 2. The van der Waals surface area contributed by atoms with Crippen LogP contribution in [0.4, 0.5) is 0 Å². The molecule has 3 aliphatic carbocycles. The SMILES string of the molecule is Cc1ccccc1PC1=Cc2ccccc2[CH]1[Zr][CH]1CCC2C=CC=CC21. The summed E-state index contributed by atoms with van der Waals surface area (Å²) in [7, 11) is 0.829. The van der Waals surface area contributed by atoms with Crippen LogP contribution in [0.2, 0.25) is 3.63 Å². The van der Waals surface area contributed by atoms with E-state index in [2.05, 4.69) is 85.8 Å². The van der Waals surface area contributed by atoms with E-state index in [-0.39, 0.29) is 0 Å². The Kier molecular flexibility index (Phi) is 5.19. The van der Waals surface area contributed by atoms with Crippen LogP contribution in [0.5, 0.6) is 0 Å². The zero-order chi connectivity index (χ0) is 18.2. The van der Waals surface area contributed by atoms with Gasteiger partial charge in [-0.25, -0.2) is 0 Å². The summed E-state index contributed by atoms with van der Waals surface area (Å²) in [4.78, 5) is 0. The van der Waals surface area contributed by atoms with Gasteiger partial charge in [-0.05, 0) is 0 Å². The van der Waals surface area contributed by atoms with E-state index in [9.17, 15) is 0 Å². The van der Waals surface area contributed by atoms with E-state index in [1.54, 1.807) is 10.9 Å². The van der Waals surface area contributed by atoms with E-state index < -0.39 is 23.2 Å². The van der Waals surface area contributed by atoms with E-state index >= 15 is 0 Å². The van der Waals surface area contributed by atoms with Gasteiger partial charge in [0.25, 0.3) is 0 Å². The van der Waals surface area contributed by atoms with Crippen molar-refractivity contribution in [2.24, 2.45) is 11.8 Å². The first-order chi connectivity index (χ1) is 13.3. The van der Waals surface area contributed by atoms with Crippen molar-refractivity contribution in [3.05, 3.63) is 94.8 Å². The zero-order valence-electron chi connectivity index (χ0n) is 15.7. The molecular weight excluding hydrogens is 422 g/mol. The van der Waals surface area contributed by atoms with E-state index in [1.807, 2.05) is 0 Å². The molecule has 2 heteroatoms. The maximum absolute atomic E-state index is 2.54. The second-order valence-corrected chi connectivity index (χ2v) is 13.4. The molecular formula is C25H25PZr. The summed E-state index contributed by atoms with van der Waals surface area (Å²) >= 11 is -0.577. The third-order valence-corrected chi connectivity index (χ3v) is 13.6. The summed E-state index contributed by atoms with van der Waals surface area (Å²) < 4.78 is 1.76. The average molecular weight is 448 g/mol. The molecule has 0 spiro atoms. The van der Waals surface area contributed by atoms with Gasteiger partial charge >= 0.3 is 177 Å². The Hall–Kier alpha value is -1.03. The number of hydrogen-bond acceptors (Lipinski definition) is 0. The van der Waals surface area contributed by atoms with E-state index in [1.165, 1.54) is 29.3 Å². The quantitative estimate of drug-likeness (QED) is 0.475. The summed E-state index contributed by atoms with van der Waals surface area (Å²) in [5.74, 6) is 1.65. The molecule has 134 valence electrons. The molecule has 0 aliphatic heterocycles. The van der Waals surface area contributed by atoms with Crippen molar-refractivity contribution in [2.45, 2.75) is 27.0 Å². The molecule has 0 amide bonds. The third kappa shape index (κ3) is 3.55. The van der Waals surface area contributed by atoms with Crippen LogP contribution in [0.1, 0.15) is 33.2 Å². The first-order valence-electron chi connectivity index (χ1n) is 10.0. The molecule has 2 aromatic carbocycles. The number of aryl methyl sites for hydroxylation is 1. The number of benzene rings is 2. The van der Waals surface area contributed by atoms with Crippen molar-refractivity contribution in [3.63, 3.8) is 0 Å². The van der Waals surface area contributed by atoms with Gasteiger partial charge in [-0.2, -0.15) is 0 Å². The molecule has 0 aromatic heterocycles. The van der Waals surface area contributed by atoms with Crippen LogP contribution in [0.3, 0.4) is 0 Å². The fraction of sp³-hybridized carbons (Fsp3) is 0.280. The van der Waals surface area contributed by atoms with Crippen molar-refractivity contribution in [1.29, 1.82) is 0 Å². The molecule has 0 heterocycles. The molecule has 2 aromatic rings. The van der Waals surface area contributed by atoms with Crippen LogP contribution in [0.15, 0.2) is 78.1 Å². The molecule has 5 rings (SSSR count). The van der Waals surface area contributed by atoms with Crippen LogP contribution in [-0.2, 0) is 23.2 Å². The van der Waals surface area contributed by atoms with Gasteiger partial charge in [0.15, 0.2) is 0 Å². The standard InChI is InChI=1S/C16H14P.C9H11.Zr/c1-12-6-2-5-9-16(12)17-15-10-13-7-3-4-8-14(13)11-15;1-2-5-9-7-3-6-8(9)4-1;/h2-11,17H,1H3;1-2,4-6,8-9H,3,7H2;. The minimum atomic E-state index is -0.577. The first kappa shape index (κ1) is 18.0. The Morgan fingerprint density at radius 3 is 2.67 bits per heavy atom. The molecule has 0 bridgehead atoms. The topological polar surface area (TPSA) is 0 Å². The number of rotatable bonds is 4. The number of allylic oxidation sites excluding steroid dienone is 5. The van der Waals surface area contributed by atoms with Crippen molar-refractivity contribution < 1.29 is 23.2 Å². The fourth-order valence-electron chi connectivity index (χ4n) is 4.84. The monoisotopic (exact) mass is 446 g/mol. The summed E-state index contributed by atoms with van der Waals surface area (Å²) in [5, 5.41) is 3.25. The second-order valence-electron chi connectivity index (χ2n) is 7.96. The van der Waals surface area contributed by atoms with Crippen LogP contribution in [0.25, 0.3) is 6.08 Å². The fourth-order valence-corrected chi connectivity index (χ4v) is 12.2. The van der Waals surface area contributed by atoms with E-state index in [4.69, 9.17) is 0 Å². The van der Waals surface area contributed by atoms with Gasteiger partial charge in [0.1, 0.15) is 0 Å². The van der Waals surface area contributed by atoms with E-state index in [0.717, 1.165) is 27.7 Å². The van der Waals surface area contributed by atoms with Gasteiger partial charge in [-0.15, -0.1) is 0 Å². The summed E-state index contributed by atoms with van der Waals surface area (Å²) in [6, 6.07) is 18.2. The molecule has 1 saturated carbocycles. The predicted octanol–water partition coefficient (Wildman–Crippen LogP) is 6.42. The normalized spacial score (nSPS) is 28.4. The third-order valence-electron chi connectivity index (χ3n) is 6.31. The van der Waals surface area contributed by atoms with Gasteiger partial charge in [0, 0.05) is 0 Å². The van der Waals surface area contributed by atoms with Crippen LogP contribution in [0, 0.1) is 18.8 Å². The Morgan fingerprint density at radius 2 is 1.74 bits per heavy atom. The van der Waals surface area contributed by atoms with Crippen molar-refractivity contribution in [2.75, 3.05) is 0 Å². The van der Waals surface area contributed by atoms with Crippen LogP contribution >= 0.6 is 8.58 Å². The zero-order valence-corrected chi connectivity index (χ0v) is 19.2. The first-order valence-corrected chi connectivity index (χ1v) is 13.9.